The Hall–Kier alpha value is -2.13. The number of ether oxygens (including phenoxy) is 2. The smallest absolute Gasteiger partial charge is 0.407 e. The Morgan fingerprint density at radius 1 is 0.929 bits per heavy atom. The van der Waals surface area contributed by atoms with Gasteiger partial charge in [-0.05, 0) is 22.3 Å². The van der Waals surface area contributed by atoms with Crippen LogP contribution in [0.15, 0.2) is 48.5 Å². The van der Waals surface area contributed by atoms with E-state index in [-0.39, 0.29) is 25.0 Å². The van der Waals surface area contributed by atoms with Gasteiger partial charge in [0.2, 0.25) is 0 Å². The molecule has 2 aromatic rings. The van der Waals surface area contributed by atoms with Gasteiger partial charge in [0.15, 0.2) is 0 Å². The van der Waals surface area contributed by atoms with E-state index in [1.807, 2.05) is 24.3 Å². The Bertz CT molecular complexity index is 782. The largest absolute Gasteiger partial charge is 0.464 e. The fourth-order valence-corrected chi connectivity index (χ4v) is 3.52. The van der Waals surface area contributed by atoms with Crippen molar-refractivity contribution in [2.24, 2.45) is 0 Å². The highest BCUT2D eigenvalue weighted by Gasteiger charge is 2.28. The van der Waals surface area contributed by atoms with E-state index >= 15 is 0 Å². The van der Waals surface area contributed by atoms with Crippen molar-refractivity contribution in [2.75, 3.05) is 37.3 Å². The van der Waals surface area contributed by atoms with E-state index in [1.54, 1.807) is 0 Å². The number of halogens is 1. The van der Waals surface area contributed by atoms with Gasteiger partial charge in [-0.15, -0.1) is 0 Å². The lowest BCUT2D eigenvalue weighted by atomic mass is 9.98. The number of carbonyl (C=O) groups excluding carboxylic acids is 2. The molecule has 1 amide bonds. The van der Waals surface area contributed by atoms with Crippen LogP contribution in [0.25, 0.3) is 11.1 Å². The van der Waals surface area contributed by atoms with Crippen LogP contribution in [0.2, 0.25) is 0 Å². The SMILES string of the molecule is O=C(CNCCNC(=O)OCC1c2ccccc2-c2ccccc21)OCCI. The van der Waals surface area contributed by atoms with Crippen molar-refractivity contribution in [2.45, 2.75) is 5.92 Å². The molecule has 0 heterocycles. The molecule has 0 unspecified atom stereocenters. The summed E-state index contributed by atoms with van der Waals surface area (Å²) in [4.78, 5) is 23.4. The highest BCUT2D eigenvalue weighted by atomic mass is 127. The van der Waals surface area contributed by atoms with Crippen molar-refractivity contribution in [3.05, 3.63) is 59.7 Å². The molecular formula is C21H23IN2O4. The standard InChI is InChI=1S/C21H23IN2O4/c22-9-12-27-20(25)13-23-10-11-24-21(26)28-14-19-17-7-3-1-5-15(17)16-6-2-4-8-18(16)19/h1-8,19,23H,9-14H2,(H,24,26). The molecular weight excluding hydrogens is 471 g/mol. The summed E-state index contributed by atoms with van der Waals surface area (Å²) >= 11 is 2.14. The van der Waals surface area contributed by atoms with Crippen LogP contribution in [0.4, 0.5) is 4.79 Å². The van der Waals surface area contributed by atoms with Crippen LogP contribution in [-0.2, 0) is 14.3 Å². The van der Waals surface area contributed by atoms with Crippen LogP contribution >= 0.6 is 22.6 Å². The van der Waals surface area contributed by atoms with Gasteiger partial charge in [-0.3, -0.25) is 4.79 Å². The molecule has 1 aliphatic carbocycles. The maximum Gasteiger partial charge on any atom is 0.407 e. The number of carbonyl (C=O) groups is 2. The minimum atomic E-state index is -0.462. The highest BCUT2D eigenvalue weighted by Crippen LogP contribution is 2.44. The molecule has 0 atom stereocenters. The zero-order valence-electron chi connectivity index (χ0n) is 15.4. The molecule has 2 aromatic carbocycles. The summed E-state index contributed by atoms with van der Waals surface area (Å²) in [6, 6.07) is 16.4. The third kappa shape index (κ3) is 5.23. The third-order valence-corrected chi connectivity index (χ3v) is 4.96. The number of hydrogen-bond acceptors (Lipinski definition) is 5. The monoisotopic (exact) mass is 494 g/mol. The van der Waals surface area contributed by atoms with E-state index < -0.39 is 6.09 Å². The summed E-state index contributed by atoms with van der Waals surface area (Å²) in [6.45, 7) is 1.66. The van der Waals surface area contributed by atoms with Crippen molar-refractivity contribution in [1.82, 2.24) is 10.6 Å². The third-order valence-electron chi connectivity index (χ3n) is 4.52. The minimum Gasteiger partial charge on any atom is -0.464 e. The molecule has 0 bridgehead atoms. The number of esters is 1. The molecule has 0 radical (unpaired) electrons. The predicted octanol–water partition coefficient (Wildman–Crippen LogP) is 3.09. The lowest BCUT2D eigenvalue weighted by molar-refractivity contribution is -0.141. The van der Waals surface area contributed by atoms with Crippen LogP contribution in [-0.4, -0.2) is 49.3 Å². The first-order valence-electron chi connectivity index (χ1n) is 9.22. The van der Waals surface area contributed by atoms with Crippen LogP contribution in [0.3, 0.4) is 0 Å². The maximum atomic E-state index is 12.0. The summed E-state index contributed by atoms with van der Waals surface area (Å²) in [6.07, 6.45) is -0.462. The number of alkyl carbamates (subject to hydrolysis) is 1. The van der Waals surface area contributed by atoms with Crippen molar-refractivity contribution < 1.29 is 19.1 Å². The van der Waals surface area contributed by atoms with Crippen LogP contribution in [0.1, 0.15) is 17.0 Å². The zero-order valence-corrected chi connectivity index (χ0v) is 17.6. The molecule has 3 rings (SSSR count). The van der Waals surface area contributed by atoms with Gasteiger partial charge in [0.1, 0.15) is 13.2 Å². The van der Waals surface area contributed by atoms with Gasteiger partial charge < -0.3 is 20.1 Å². The number of hydrogen-bond donors (Lipinski definition) is 2. The normalized spacial score (nSPS) is 12.2. The molecule has 28 heavy (non-hydrogen) atoms. The molecule has 0 aliphatic heterocycles. The van der Waals surface area contributed by atoms with E-state index in [0.717, 1.165) is 4.43 Å². The van der Waals surface area contributed by atoms with Gasteiger partial charge in [-0.1, -0.05) is 71.1 Å². The van der Waals surface area contributed by atoms with Gasteiger partial charge in [-0.25, -0.2) is 4.79 Å². The van der Waals surface area contributed by atoms with Gasteiger partial charge >= 0.3 is 12.1 Å². The second-order valence-corrected chi connectivity index (χ2v) is 7.42. The number of alkyl halides is 1. The van der Waals surface area contributed by atoms with Crippen molar-refractivity contribution in [1.29, 1.82) is 0 Å². The number of rotatable bonds is 9. The number of nitrogens with one attached hydrogen (secondary N) is 2. The first kappa shape index (κ1) is 20.6. The van der Waals surface area contributed by atoms with E-state index in [1.165, 1.54) is 22.3 Å². The zero-order chi connectivity index (χ0) is 19.8. The minimum absolute atomic E-state index is 0.0453. The summed E-state index contributed by atoms with van der Waals surface area (Å²) in [7, 11) is 0. The number of fused-ring (bicyclic) bond motifs is 3. The second kappa shape index (κ2) is 10.4. The molecule has 6 nitrogen and oxygen atoms in total. The Morgan fingerprint density at radius 2 is 1.57 bits per heavy atom. The van der Waals surface area contributed by atoms with Crippen LogP contribution < -0.4 is 10.6 Å². The fourth-order valence-electron chi connectivity index (χ4n) is 3.30. The molecule has 148 valence electrons. The Balaban J connectivity index is 1.42. The lowest BCUT2D eigenvalue weighted by Gasteiger charge is -2.14. The maximum absolute atomic E-state index is 12.0. The van der Waals surface area contributed by atoms with Gasteiger partial charge in [0.05, 0.1) is 6.54 Å². The molecule has 7 heteroatoms. The van der Waals surface area contributed by atoms with E-state index in [4.69, 9.17) is 9.47 Å². The Morgan fingerprint density at radius 3 is 2.21 bits per heavy atom. The summed E-state index contributed by atoms with van der Waals surface area (Å²) in [5.41, 5.74) is 4.77. The summed E-state index contributed by atoms with van der Waals surface area (Å²) in [5.74, 6) is -0.248. The number of benzene rings is 2. The summed E-state index contributed by atoms with van der Waals surface area (Å²) in [5, 5.41) is 5.62. The van der Waals surface area contributed by atoms with Crippen molar-refractivity contribution in [3.8, 4) is 11.1 Å². The topological polar surface area (TPSA) is 76.7 Å². The molecule has 0 saturated carbocycles. The van der Waals surface area contributed by atoms with Crippen molar-refractivity contribution in [3.63, 3.8) is 0 Å². The van der Waals surface area contributed by atoms with Crippen LogP contribution in [0, 0.1) is 0 Å². The van der Waals surface area contributed by atoms with Crippen molar-refractivity contribution >= 4 is 34.7 Å². The highest BCUT2D eigenvalue weighted by molar-refractivity contribution is 14.1. The van der Waals surface area contributed by atoms with E-state index in [2.05, 4.69) is 57.5 Å². The fraction of sp³-hybridized carbons (Fsp3) is 0.333. The van der Waals surface area contributed by atoms with E-state index in [9.17, 15) is 9.59 Å². The molecule has 2 N–H and O–H groups in total. The van der Waals surface area contributed by atoms with Crippen LogP contribution in [0.5, 0.6) is 0 Å². The summed E-state index contributed by atoms with van der Waals surface area (Å²) < 4.78 is 11.2. The van der Waals surface area contributed by atoms with Gasteiger partial charge in [0, 0.05) is 23.4 Å². The van der Waals surface area contributed by atoms with Gasteiger partial charge in [-0.2, -0.15) is 0 Å². The number of amides is 1. The average Bonchev–Trinajstić information content (AvgIpc) is 3.04. The predicted molar refractivity (Wildman–Crippen MR) is 116 cm³/mol. The molecule has 0 aromatic heterocycles. The first-order chi connectivity index (χ1) is 13.7. The molecule has 0 saturated heterocycles. The second-order valence-electron chi connectivity index (χ2n) is 6.34. The Kier molecular flexibility index (Phi) is 7.67. The Labute approximate surface area is 178 Å². The quantitative estimate of drug-likeness (QED) is 0.243. The molecule has 1 aliphatic rings. The molecule has 0 spiro atoms. The molecule has 0 fully saturated rings. The lowest BCUT2D eigenvalue weighted by Crippen LogP contribution is -2.35. The first-order valence-corrected chi connectivity index (χ1v) is 10.7. The average molecular weight is 494 g/mol. The van der Waals surface area contributed by atoms with Gasteiger partial charge in [0.25, 0.3) is 0 Å². The van der Waals surface area contributed by atoms with E-state index in [0.29, 0.717) is 19.7 Å².